The first kappa shape index (κ1) is 22.5. The minimum atomic E-state index is -3.35. The number of hydrogen-bond acceptors (Lipinski definition) is 9. The van der Waals surface area contributed by atoms with Gasteiger partial charge in [-0.25, -0.2) is 23.4 Å². The fourth-order valence-corrected chi connectivity index (χ4v) is 5.17. The monoisotopic (exact) mass is 496 g/mol. The molecule has 0 radical (unpaired) electrons. The summed E-state index contributed by atoms with van der Waals surface area (Å²) >= 11 is 1.55. The number of fused-ring (bicyclic) bond motifs is 1. The predicted octanol–water partition coefficient (Wildman–Crippen LogP) is 4.10. The van der Waals surface area contributed by atoms with Crippen molar-refractivity contribution in [3.63, 3.8) is 0 Å². The second-order valence-corrected chi connectivity index (χ2v) is 10.7. The lowest BCUT2D eigenvalue weighted by Crippen LogP contribution is -2.36. The number of hydrogen-bond donors (Lipinski definition) is 2. The Hall–Kier alpha value is -3.28. The minimum absolute atomic E-state index is 0.0170. The Balaban J connectivity index is 1.38. The van der Waals surface area contributed by atoms with E-state index in [1.807, 2.05) is 35.7 Å². The molecule has 9 nitrogen and oxygen atoms in total. The molecule has 0 bridgehead atoms. The molecule has 0 unspecified atom stereocenters. The molecule has 34 heavy (non-hydrogen) atoms. The first-order valence-electron chi connectivity index (χ1n) is 10.9. The topological polar surface area (TPSA) is 109 Å². The van der Waals surface area contributed by atoms with Crippen LogP contribution in [0.3, 0.4) is 0 Å². The maximum Gasteiger partial charge on any atom is 0.232 e. The van der Waals surface area contributed by atoms with Crippen LogP contribution in [-0.4, -0.2) is 55.4 Å². The predicted molar refractivity (Wildman–Crippen MR) is 136 cm³/mol. The zero-order valence-corrected chi connectivity index (χ0v) is 20.2. The van der Waals surface area contributed by atoms with Crippen molar-refractivity contribution in [3.05, 3.63) is 54.2 Å². The molecule has 176 valence electrons. The summed E-state index contributed by atoms with van der Waals surface area (Å²) < 4.78 is 32.9. The minimum Gasteiger partial charge on any atom is -0.378 e. The van der Waals surface area contributed by atoms with Crippen molar-refractivity contribution in [1.29, 1.82) is 0 Å². The summed E-state index contributed by atoms with van der Waals surface area (Å²) in [5, 5.41) is 5.24. The van der Waals surface area contributed by atoms with E-state index in [0.29, 0.717) is 24.8 Å². The first-order valence-corrected chi connectivity index (χ1v) is 13.4. The van der Waals surface area contributed by atoms with Crippen LogP contribution in [0.15, 0.2) is 54.2 Å². The van der Waals surface area contributed by atoms with Gasteiger partial charge in [0.15, 0.2) is 0 Å². The number of ether oxygens (including phenoxy) is 1. The van der Waals surface area contributed by atoms with Gasteiger partial charge in [-0.1, -0.05) is 12.1 Å². The second kappa shape index (κ2) is 9.53. The van der Waals surface area contributed by atoms with E-state index >= 15 is 0 Å². The number of thiophene rings is 1. The Bertz CT molecular complexity index is 1400. The van der Waals surface area contributed by atoms with Gasteiger partial charge in [-0.05, 0) is 36.8 Å². The zero-order valence-electron chi connectivity index (χ0n) is 18.6. The Morgan fingerprint density at radius 1 is 1.09 bits per heavy atom. The Morgan fingerprint density at radius 2 is 1.94 bits per heavy atom. The molecule has 1 aromatic carbocycles. The number of nitrogens with zero attached hydrogens (tertiary/aromatic N) is 4. The average Bonchev–Trinajstić information content (AvgIpc) is 3.28. The van der Waals surface area contributed by atoms with Gasteiger partial charge in [0, 0.05) is 29.7 Å². The molecule has 0 atom stereocenters. The highest BCUT2D eigenvalue weighted by Gasteiger charge is 2.14. The Morgan fingerprint density at radius 3 is 2.71 bits per heavy atom. The lowest BCUT2D eigenvalue weighted by Gasteiger charge is -2.27. The molecule has 0 amide bonds. The molecule has 2 N–H and O–H groups in total. The van der Waals surface area contributed by atoms with Crippen molar-refractivity contribution in [3.8, 4) is 11.1 Å². The molecule has 11 heteroatoms. The lowest BCUT2D eigenvalue weighted by atomic mass is 10.1. The van der Waals surface area contributed by atoms with E-state index in [4.69, 9.17) is 9.72 Å². The van der Waals surface area contributed by atoms with Gasteiger partial charge < -0.3 is 15.0 Å². The third-order valence-electron chi connectivity index (χ3n) is 5.48. The molecule has 4 aromatic rings. The highest BCUT2D eigenvalue weighted by molar-refractivity contribution is 7.92. The molecule has 4 heterocycles. The number of aromatic nitrogens is 3. The number of morpholine rings is 1. The maximum absolute atomic E-state index is 12.0. The Kier molecular flexibility index (Phi) is 6.31. The molecule has 1 fully saturated rings. The normalized spacial score (nSPS) is 14.3. The molecular weight excluding hydrogens is 472 g/mol. The summed E-state index contributed by atoms with van der Waals surface area (Å²) in [5.74, 6) is 1.41. The second-order valence-electron chi connectivity index (χ2n) is 7.77. The van der Waals surface area contributed by atoms with Gasteiger partial charge in [0.2, 0.25) is 16.0 Å². The van der Waals surface area contributed by atoms with Gasteiger partial charge in [-0.15, -0.1) is 11.3 Å². The largest absolute Gasteiger partial charge is 0.378 e. The molecule has 1 aliphatic heterocycles. The van der Waals surface area contributed by atoms with Crippen molar-refractivity contribution in [2.24, 2.45) is 0 Å². The molecule has 5 rings (SSSR count). The van der Waals surface area contributed by atoms with Crippen molar-refractivity contribution < 1.29 is 13.2 Å². The van der Waals surface area contributed by atoms with Gasteiger partial charge in [-0.2, -0.15) is 0 Å². The lowest BCUT2D eigenvalue weighted by molar-refractivity contribution is 0.122. The van der Waals surface area contributed by atoms with Gasteiger partial charge >= 0.3 is 0 Å². The first-order chi connectivity index (χ1) is 16.5. The number of sulfonamides is 1. The van der Waals surface area contributed by atoms with E-state index in [9.17, 15) is 8.42 Å². The van der Waals surface area contributed by atoms with Crippen molar-refractivity contribution in [2.75, 3.05) is 47.0 Å². The van der Waals surface area contributed by atoms with Crippen LogP contribution < -0.4 is 14.9 Å². The van der Waals surface area contributed by atoms with Crippen LogP contribution in [0.1, 0.15) is 6.92 Å². The van der Waals surface area contributed by atoms with Gasteiger partial charge in [0.1, 0.15) is 5.82 Å². The number of pyridine rings is 1. The summed E-state index contributed by atoms with van der Waals surface area (Å²) in [4.78, 5) is 15.9. The third-order valence-corrected chi connectivity index (χ3v) is 7.69. The van der Waals surface area contributed by atoms with Crippen molar-refractivity contribution >= 4 is 54.7 Å². The van der Waals surface area contributed by atoms with Crippen LogP contribution in [0.5, 0.6) is 0 Å². The molecule has 0 aliphatic carbocycles. The smallest absolute Gasteiger partial charge is 0.232 e. The van der Waals surface area contributed by atoms with Crippen LogP contribution in [0.4, 0.5) is 23.1 Å². The van der Waals surface area contributed by atoms with E-state index < -0.39 is 10.0 Å². The van der Waals surface area contributed by atoms with E-state index in [0.717, 1.165) is 45.9 Å². The van der Waals surface area contributed by atoms with Crippen LogP contribution in [0.2, 0.25) is 0 Å². The fourth-order valence-electron chi connectivity index (χ4n) is 3.66. The maximum atomic E-state index is 12.0. The van der Waals surface area contributed by atoms with Gasteiger partial charge in [0.25, 0.3) is 0 Å². The summed E-state index contributed by atoms with van der Waals surface area (Å²) in [7, 11) is -3.35. The highest BCUT2D eigenvalue weighted by atomic mass is 32.2. The molecule has 1 saturated heterocycles. The number of nitrogens with one attached hydrogen (secondary N) is 2. The third kappa shape index (κ3) is 4.96. The van der Waals surface area contributed by atoms with Crippen molar-refractivity contribution in [1.82, 2.24) is 15.0 Å². The number of benzene rings is 1. The van der Waals surface area contributed by atoms with Gasteiger partial charge in [-0.3, -0.25) is 4.72 Å². The zero-order chi connectivity index (χ0) is 23.5. The molecular formula is C23H24N6O3S2. The molecule has 0 spiro atoms. The summed E-state index contributed by atoms with van der Waals surface area (Å²) in [6, 6.07) is 11.3. The van der Waals surface area contributed by atoms with E-state index in [2.05, 4.69) is 24.9 Å². The van der Waals surface area contributed by atoms with Crippen LogP contribution in [0.25, 0.3) is 21.3 Å². The Labute approximate surface area is 201 Å². The van der Waals surface area contributed by atoms with Crippen LogP contribution in [0, 0.1) is 0 Å². The van der Waals surface area contributed by atoms with Crippen LogP contribution >= 0.6 is 11.3 Å². The fraction of sp³-hybridized carbons (Fsp3) is 0.261. The highest BCUT2D eigenvalue weighted by Crippen LogP contribution is 2.34. The average molecular weight is 497 g/mol. The number of rotatable bonds is 7. The molecule has 0 saturated carbocycles. The molecule has 3 aromatic heterocycles. The van der Waals surface area contributed by atoms with E-state index in [1.165, 1.54) is 0 Å². The SMILES string of the molecule is CCS(=O)(=O)Nc1cccc(-c2csc3cnc(Nc4ccc(N5CCOCC5)nc4)nc23)c1. The van der Waals surface area contributed by atoms with Gasteiger partial charge in [0.05, 0.1) is 47.3 Å². The van der Waals surface area contributed by atoms with E-state index in [-0.39, 0.29) is 5.75 Å². The standard InChI is InChI=1S/C23H24N6O3S2/c1-2-34(30,31)28-17-5-3-4-16(12-17)19-15-33-20-14-25-23(27-22(19)20)26-18-6-7-21(24-13-18)29-8-10-32-11-9-29/h3-7,12-15,28H,2,8-11H2,1H3,(H,25,26,27). The summed E-state index contributed by atoms with van der Waals surface area (Å²) in [5.41, 5.74) is 3.92. The van der Waals surface area contributed by atoms with Crippen molar-refractivity contribution in [2.45, 2.75) is 6.92 Å². The quantitative estimate of drug-likeness (QED) is 0.394. The summed E-state index contributed by atoms with van der Waals surface area (Å²) in [6.45, 7) is 4.71. The van der Waals surface area contributed by atoms with E-state index in [1.54, 1.807) is 36.7 Å². The van der Waals surface area contributed by atoms with Crippen LogP contribution in [-0.2, 0) is 14.8 Å². The number of anilines is 4. The molecule has 1 aliphatic rings. The summed E-state index contributed by atoms with van der Waals surface area (Å²) in [6.07, 6.45) is 3.56.